The molecule has 0 saturated heterocycles. The molecule has 16 heavy (non-hydrogen) atoms. The number of rotatable bonds is 6. The molecule has 5 heteroatoms. The third-order valence-corrected chi connectivity index (χ3v) is 3.86. The van der Waals surface area contributed by atoms with Gasteiger partial charge in [0.1, 0.15) is 0 Å². The van der Waals surface area contributed by atoms with E-state index in [0.29, 0.717) is 0 Å². The number of aliphatic hydroxyl groups is 1. The molecule has 94 valence electrons. The van der Waals surface area contributed by atoms with E-state index in [9.17, 15) is 14.7 Å². The van der Waals surface area contributed by atoms with E-state index in [4.69, 9.17) is 0 Å². The standard InChI is InChI=1S/C11H22NO3P/c1-6-8(13)11(15,9(14)7-2)10(16)12(3,4)5/h10,15-16H,6-7H2,1-5H3. The number of carbonyl (C=O) groups is 2. The van der Waals surface area contributed by atoms with Crippen LogP contribution in [0.15, 0.2) is 0 Å². The van der Waals surface area contributed by atoms with E-state index in [0.717, 1.165) is 0 Å². The highest BCUT2D eigenvalue weighted by Crippen LogP contribution is 2.28. The number of ketones is 2. The maximum atomic E-state index is 11.8. The van der Waals surface area contributed by atoms with E-state index in [1.807, 2.05) is 21.1 Å². The molecule has 0 radical (unpaired) electrons. The van der Waals surface area contributed by atoms with Crippen LogP contribution in [0.5, 0.6) is 0 Å². The molecule has 0 fully saturated rings. The van der Waals surface area contributed by atoms with Crippen molar-refractivity contribution in [3.63, 3.8) is 0 Å². The zero-order valence-corrected chi connectivity index (χ0v) is 11.7. The molecule has 0 aromatic rings. The first-order valence-electron chi connectivity index (χ1n) is 5.43. The smallest absolute Gasteiger partial charge is 0.204 e. The molecule has 4 nitrogen and oxygen atoms in total. The first-order chi connectivity index (χ1) is 7.12. The Labute approximate surface area is 99.8 Å². The summed E-state index contributed by atoms with van der Waals surface area (Å²) in [6.45, 7) is 3.29. The third-order valence-electron chi connectivity index (χ3n) is 2.66. The largest absolute Gasteiger partial charge is 0.488 e. The van der Waals surface area contributed by atoms with Gasteiger partial charge in [-0.2, -0.15) is 0 Å². The normalized spacial score (nSPS) is 14.7. The Morgan fingerprint density at radius 1 is 1.19 bits per heavy atom. The van der Waals surface area contributed by atoms with Crippen molar-refractivity contribution in [2.24, 2.45) is 0 Å². The minimum Gasteiger partial charge on any atom is -0.488 e. The van der Waals surface area contributed by atoms with Gasteiger partial charge < -0.3 is 18.8 Å². The van der Waals surface area contributed by atoms with E-state index in [1.165, 1.54) is 0 Å². The van der Waals surface area contributed by atoms with Crippen LogP contribution in [0.3, 0.4) is 0 Å². The zero-order valence-electron chi connectivity index (χ0n) is 10.7. The van der Waals surface area contributed by atoms with Gasteiger partial charge in [0.05, 0.1) is 21.1 Å². The molecule has 0 rings (SSSR count). The van der Waals surface area contributed by atoms with Gasteiger partial charge in [-0.25, -0.2) is 0 Å². The molecule has 0 aliphatic rings. The molecule has 1 unspecified atom stereocenters. The van der Waals surface area contributed by atoms with Crippen molar-refractivity contribution >= 4 is 20.8 Å². The van der Waals surface area contributed by atoms with E-state index in [2.05, 4.69) is 9.24 Å². The Bertz CT molecular complexity index is 267. The number of Topliss-reactive ketones (excluding diaryl/α,β-unsaturated/α-hetero) is 2. The van der Waals surface area contributed by atoms with E-state index in [1.54, 1.807) is 13.8 Å². The van der Waals surface area contributed by atoms with E-state index >= 15 is 0 Å². The Morgan fingerprint density at radius 2 is 1.50 bits per heavy atom. The summed E-state index contributed by atoms with van der Waals surface area (Å²) in [5.74, 6) is -1.52. The third kappa shape index (κ3) is 2.88. The summed E-state index contributed by atoms with van der Waals surface area (Å²) in [7, 11) is 8.78. The van der Waals surface area contributed by atoms with Gasteiger partial charge in [0.15, 0.2) is 11.6 Å². The van der Waals surface area contributed by atoms with Crippen LogP contribution in [0, 0.1) is 0 Å². The van der Waals surface area contributed by atoms with Gasteiger partial charge in [0, 0.05) is 18.6 Å². The molecule has 0 amide bonds. The molecular formula is C11H22NO3P. The number of quaternary nitrogens is 1. The number of hydrogen-bond donors (Lipinski definition) is 1. The molecule has 0 saturated carbocycles. The van der Waals surface area contributed by atoms with Crippen molar-refractivity contribution in [1.82, 2.24) is 0 Å². The lowest BCUT2D eigenvalue weighted by Gasteiger charge is -2.46. The van der Waals surface area contributed by atoms with Gasteiger partial charge in [-0.05, 0) is 0 Å². The molecule has 0 aromatic heterocycles. The molecule has 0 aliphatic carbocycles. The highest BCUT2D eigenvalue weighted by atomic mass is 31.0. The molecule has 1 atom stereocenters. The van der Waals surface area contributed by atoms with Crippen LogP contribution in [-0.4, -0.2) is 53.7 Å². The van der Waals surface area contributed by atoms with Gasteiger partial charge in [0.25, 0.3) is 0 Å². The Morgan fingerprint density at radius 3 is 1.69 bits per heavy atom. The molecule has 0 bridgehead atoms. The number of hydrogen-bond acceptors (Lipinski definition) is 3. The fourth-order valence-corrected chi connectivity index (χ4v) is 1.88. The average molecular weight is 247 g/mol. The molecule has 0 aliphatic heterocycles. The molecule has 1 N–H and O–H groups in total. The summed E-state index contributed by atoms with van der Waals surface area (Å²) >= 11 is 0. The summed E-state index contributed by atoms with van der Waals surface area (Å²) in [6.07, 6.45) is 0.284. The summed E-state index contributed by atoms with van der Waals surface area (Å²) in [5.41, 5.74) is -1.93. The first-order valence-corrected chi connectivity index (χ1v) is 6.01. The summed E-state index contributed by atoms with van der Waals surface area (Å²) in [6, 6.07) is 0. The SMILES string of the molecule is CCC(=O)C(O)(C(=O)CC)C([PH-])[N+](C)(C)C. The minimum atomic E-state index is -1.93. The van der Waals surface area contributed by atoms with Gasteiger partial charge >= 0.3 is 0 Å². The van der Waals surface area contributed by atoms with Gasteiger partial charge in [-0.1, -0.05) is 13.8 Å². The lowest BCUT2D eigenvalue weighted by Crippen LogP contribution is -2.63. The summed E-state index contributed by atoms with van der Waals surface area (Å²) in [4.78, 5) is 23.6. The Hall–Kier alpha value is -0.310. The van der Waals surface area contributed by atoms with Crippen LogP contribution in [-0.2, 0) is 9.59 Å². The van der Waals surface area contributed by atoms with Crippen molar-refractivity contribution in [3.8, 4) is 0 Å². The highest BCUT2D eigenvalue weighted by Gasteiger charge is 2.47. The predicted molar refractivity (Wildman–Crippen MR) is 65.7 cm³/mol. The molecule has 0 spiro atoms. The van der Waals surface area contributed by atoms with Crippen LogP contribution < -0.4 is 0 Å². The average Bonchev–Trinajstić information content (AvgIpc) is 2.23. The lowest BCUT2D eigenvalue weighted by atomic mass is 9.88. The van der Waals surface area contributed by atoms with Crippen LogP contribution >= 0.6 is 9.24 Å². The topological polar surface area (TPSA) is 54.4 Å². The van der Waals surface area contributed by atoms with Crippen molar-refractivity contribution in [1.29, 1.82) is 0 Å². The lowest BCUT2D eigenvalue weighted by molar-refractivity contribution is -0.885. The quantitative estimate of drug-likeness (QED) is 0.430. The van der Waals surface area contributed by atoms with Gasteiger partial charge in [-0.3, -0.25) is 9.59 Å². The number of nitrogens with zero attached hydrogens (tertiary/aromatic N) is 1. The van der Waals surface area contributed by atoms with Gasteiger partial charge in [0.2, 0.25) is 5.60 Å². The minimum absolute atomic E-state index is 0.142. The van der Waals surface area contributed by atoms with Crippen molar-refractivity contribution < 1.29 is 19.2 Å². The van der Waals surface area contributed by atoms with E-state index < -0.39 is 23.0 Å². The number of carbonyl (C=O) groups excluding carboxylic acids is 2. The van der Waals surface area contributed by atoms with Crippen LogP contribution in [0.4, 0.5) is 0 Å². The maximum absolute atomic E-state index is 11.8. The van der Waals surface area contributed by atoms with E-state index in [-0.39, 0.29) is 17.3 Å². The van der Waals surface area contributed by atoms with Gasteiger partial charge in [-0.15, -0.1) is 0 Å². The molecular weight excluding hydrogens is 225 g/mol. The Kier molecular flexibility index (Phi) is 5.24. The first kappa shape index (κ1) is 15.7. The second kappa shape index (κ2) is 5.35. The fraction of sp³-hybridized carbons (Fsp3) is 0.818. The molecule has 0 heterocycles. The van der Waals surface area contributed by atoms with Crippen LogP contribution in [0.2, 0.25) is 0 Å². The van der Waals surface area contributed by atoms with Crippen molar-refractivity contribution in [3.05, 3.63) is 0 Å². The van der Waals surface area contributed by atoms with Crippen LogP contribution in [0.1, 0.15) is 26.7 Å². The Balaban J connectivity index is 5.41. The second-order valence-electron chi connectivity index (χ2n) is 4.84. The molecule has 0 aromatic carbocycles. The van der Waals surface area contributed by atoms with Crippen LogP contribution in [0.25, 0.3) is 0 Å². The highest BCUT2D eigenvalue weighted by molar-refractivity contribution is 7.17. The zero-order chi connectivity index (χ0) is 13.1. The van der Waals surface area contributed by atoms with Crippen molar-refractivity contribution in [2.45, 2.75) is 38.1 Å². The van der Waals surface area contributed by atoms with Crippen molar-refractivity contribution in [2.75, 3.05) is 21.1 Å². The summed E-state index contributed by atoms with van der Waals surface area (Å²) < 4.78 is 0.283. The maximum Gasteiger partial charge on any atom is 0.204 e. The fourth-order valence-electron chi connectivity index (χ4n) is 1.56. The summed E-state index contributed by atoms with van der Waals surface area (Å²) in [5, 5.41) is 10.4. The second-order valence-corrected chi connectivity index (χ2v) is 5.39. The predicted octanol–water partition coefficient (Wildman–Crippen LogP) is 0.851. The monoisotopic (exact) mass is 247 g/mol. The number of likely N-dealkylation sites (N-methyl/N-ethyl adjacent to an activating group) is 1.